The summed E-state index contributed by atoms with van der Waals surface area (Å²) in [5.41, 5.74) is 1.56. The second-order valence-electron chi connectivity index (χ2n) is 5.63. The Balaban J connectivity index is 2.28. The first-order chi connectivity index (χ1) is 11.4. The van der Waals surface area contributed by atoms with Crippen molar-refractivity contribution in [3.63, 3.8) is 0 Å². The summed E-state index contributed by atoms with van der Waals surface area (Å²) in [6.45, 7) is 2.91. The molecule has 9 heteroatoms. The number of nitrogens with zero attached hydrogens (tertiary/aromatic N) is 1. The highest BCUT2D eigenvalue weighted by atomic mass is 32.2. The van der Waals surface area contributed by atoms with E-state index in [0.717, 1.165) is 17.3 Å². The fraction of sp³-hybridized carbons (Fsp3) is 0.533. The van der Waals surface area contributed by atoms with Crippen molar-refractivity contribution < 1.29 is 23.2 Å². The first kappa shape index (κ1) is 18.7. The van der Waals surface area contributed by atoms with Crippen LogP contribution in [0.2, 0.25) is 0 Å². The average Bonchev–Trinajstić information content (AvgIpc) is 3.04. The molecule has 0 radical (unpaired) electrons. The molecule has 1 aromatic rings. The Bertz CT molecular complexity index is 662. The van der Waals surface area contributed by atoms with Gasteiger partial charge in [-0.2, -0.15) is 4.31 Å². The van der Waals surface area contributed by atoms with Crippen molar-refractivity contribution >= 4 is 15.9 Å². The molecule has 1 saturated heterocycles. The number of hydroxylamine groups is 1. The smallest absolute Gasteiger partial charge is 0.261 e. The molecule has 2 unspecified atom stereocenters. The van der Waals surface area contributed by atoms with Gasteiger partial charge >= 0.3 is 0 Å². The van der Waals surface area contributed by atoms with Crippen LogP contribution in [0.25, 0.3) is 0 Å². The Labute approximate surface area is 141 Å². The Hall–Kier alpha value is -1.68. The van der Waals surface area contributed by atoms with Crippen LogP contribution in [0.1, 0.15) is 19.8 Å². The average molecular weight is 357 g/mol. The molecule has 1 fully saturated rings. The standard InChI is InChI=1S/C15H23N3O5S/c1-3-8-16-11-9-14(15(19)17-20)18(10-11)24(21,22)13-6-4-12(23-2)5-7-13/h4-7,11,14,16,20H,3,8-10H2,1-2H3,(H,17,19). The lowest BCUT2D eigenvalue weighted by Crippen LogP contribution is -2.45. The van der Waals surface area contributed by atoms with E-state index in [2.05, 4.69) is 5.32 Å². The summed E-state index contributed by atoms with van der Waals surface area (Å²) in [5, 5.41) is 12.1. The maximum Gasteiger partial charge on any atom is 0.261 e. The SMILES string of the molecule is CCCNC1CC(C(=O)NO)N(S(=O)(=O)c2ccc(OC)cc2)C1. The highest BCUT2D eigenvalue weighted by Crippen LogP contribution is 2.27. The summed E-state index contributed by atoms with van der Waals surface area (Å²) in [4.78, 5) is 12.0. The minimum absolute atomic E-state index is 0.0789. The van der Waals surface area contributed by atoms with E-state index in [1.807, 2.05) is 6.92 Å². The van der Waals surface area contributed by atoms with Crippen LogP contribution in [0.3, 0.4) is 0 Å². The molecule has 1 amide bonds. The van der Waals surface area contributed by atoms with Gasteiger partial charge in [0.15, 0.2) is 0 Å². The predicted molar refractivity (Wildman–Crippen MR) is 87.3 cm³/mol. The van der Waals surface area contributed by atoms with Crippen molar-refractivity contribution in [3.8, 4) is 5.75 Å². The van der Waals surface area contributed by atoms with E-state index in [-0.39, 0.29) is 17.5 Å². The molecular formula is C15H23N3O5S. The van der Waals surface area contributed by atoms with E-state index in [1.54, 1.807) is 17.6 Å². The zero-order valence-corrected chi connectivity index (χ0v) is 14.5. The van der Waals surface area contributed by atoms with Gasteiger partial charge in [0.25, 0.3) is 5.91 Å². The van der Waals surface area contributed by atoms with Crippen LogP contribution in [0, 0.1) is 0 Å². The third-order valence-corrected chi connectivity index (χ3v) is 5.91. The Morgan fingerprint density at radius 2 is 2.04 bits per heavy atom. The van der Waals surface area contributed by atoms with Gasteiger partial charge in [0.2, 0.25) is 10.0 Å². The van der Waals surface area contributed by atoms with Gasteiger partial charge in [-0.1, -0.05) is 6.92 Å². The lowest BCUT2D eigenvalue weighted by molar-refractivity contribution is -0.132. The highest BCUT2D eigenvalue weighted by molar-refractivity contribution is 7.89. The summed E-state index contributed by atoms with van der Waals surface area (Å²) in [6.07, 6.45) is 1.21. The van der Waals surface area contributed by atoms with Gasteiger partial charge in [0, 0.05) is 12.6 Å². The minimum Gasteiger partial charge on any atom is -0.497 e. The summed E-state index contributed by atoms with van der Waals surface area (Å²) in [5.74, 6) is -0.185. The number of nitrogens with one attached hydrogen (secondary N) is 2. The van der Waals surface area contributed by atoms with Gasteiger partial charge in [-0.25, -0.2) is 13.9 Å². The molecule has 0 aliphatic carbocycles. The molecule has 0 bridgehead atoms. The van der Waals surface area contributed by atoms with Gasteiger partial charge in [-0.3, -0.25) is 10.0 Å². The van der Waals surface area contributed by atoms with Crippen molar-refractivity contribution in [2.24, 2.45) is 0 Å². The van der Waals surface area contributed by atoms with E-state index < -0.39 is 22.0 Å². The first-order valence-corrected chi connectivity index (χ1v) is 9.21. The molecule has 0 saturated carbocycles. The second-order valence-corrected chi connectivity index (χ2v) is 7.52. The molecule has 0 spiro atoms. The molecule has 24 heavy (non-hydrogen) atoms. The summed E-state index contributed by atoms with van der Waals surface area (Å²) < 4.78 is 31.9. The van der Waals surface area contributed by atoms with Gasteiger partial charge in [-0.05, 0) is 43.7 Å². The maximum atomic E-state index is 12.9. The molecule has 134 valence electrons. The molecule has 8 nitrogen and oxygen atoms in total. The number of benzene rings is 1. The number of carbonyl (C=O) groups is 1. The first-order valence-electron chi connectivity index (χ1n) is 7.77. The number of ether oxygens (including phenoxy) is 1. The molecule has 2 rings (SSSR count). The predicted octanol–water partition coefficient (Wildman–Crippen LogP) is 0.332. The number of carbonyl (C=O) groups excluding carboxylic acids is 1. The summed E-state index contributed by atoms with van der Waals surface area (Å²) >= 11 is 0. The van der Waals surface area contributed by atoms with Crippen molar-refractivity contribution in [2.75, 3.05) is 20.2 Å². The van der Waals surface area contributed by atoms with Crippen LogP contribution in [0.5, 0.6) is 5.75 Å². The Kier molecular flexibility index (Phi) is 6.16. The quantitative estimate of drug-likeness (QED) is 0.479. The topological polar surface area (TPSA) is 108 Å². The normalized spacial score (nSPS) is 21.6. The van der Waals surface area contributed by atoms with Gasteiger partial charge in [-0.15, -0.1) is 0 Å². The number of hydrogen-bond donors (Lipinski definition) is 3. The highest BCUT2D eigenvalue weighted by Gasteiger charge is 2.43. The fourth-order valence-corrected chi connectivity index (χ4v) is 4.41. The molecule has 1 heterocycles. The molecule has 0 aromatic heterocycles. The fourth-order valence-electron chi connectivity index (χ4n) is 2.76. The molecule has 2 atom stereocenters. The minimum atomic E-state index is -3.86. The van der Waals surface area contributed by atoms with E-state index in [0.29, 0.717) is 12.2 Å². The van der Waals surface area contributed by atoms with E-state index in [1.165, 1.54) is 19.2 Å². The van der Waals surface area contributed by atoms with Crippen molar-refractivity contribution in [2.45, 2.75) is 36.7 Å². The lowest BCUT2D eigenvalue weighted by Gasteiger charge is -2.22. The molecule has 1 aromatic carbocycles. The lowest BCUT2D eigenvalue weighted by atomic mass is 10.1. The number of rotatable bonds is 7. The van der Waals surface area contributed by atoms with Crippen molar-refractivity contribution in [3.05, 3.63) is 24.3 Å². The van der Waals surface area contributed by atoms with E-state index in [9.17, 15) is 13.2 Å². The van der Waals surface area contributed by atoms with Gasteiger partial charge in [0.1, 0.15) is 11.8 Å². The van der Waals surface area contributed by atoms with Gasteiger partial charge in [0.05, 0.1) is 12.0 Å². The van der Waals surface area contributed by atoms with Crippen LogP contribution in [-0.4, -0.2) is 56.1 Å². The third kappa shape index (κ3) is 3.86. The van der Waals surface area contributed by atoms with Crippen LogP contribution in [-0.2, 0) is 14.8 Å². The van der Waals surface area contributed by atoms with Gasteiger partial charge < -0.3 is 10.1 Å². The second kappa shape index (κ2) is 7.93. The molecular weight excluding hydrogens is 334 g/mol. The maximum absolute atomic E-state index is 12.9. The number of hydrogen-bond acceptors (Lipinski definition) is 6. The molecule has 1 aliphatic heterocycles. The van der Waals surface area contributed by atoms with Crippen molar-refractivity contribution in [1.29, 1.82) is 0 Å². The zero-order chi connectivity index (χ0) is 17.7. The van der Waals surface area contributed by atoms with Crippen LogP contribution in [0.15, 0.2) is 29.2 Å². The largest absolute Gasteiger partial charge is 0.497 e. The Morgan fingerprint density at radius 3 is 2.58 bits per heavy atom. The van der Waals surface area contributed by atoms with Crippen LogP contribution >= 0.6 is 0 Å². The molecule has 3 N–H and O–H groups in total. The summed E-state index contributed by atoms with van der Waals surface area (Å²) in [7, 11) is -2.36. The molecule has 1 aliphatic rings. The van der Waals surface area contributed by atoms with Crippen LogP contribution in [0.4, 0.5) is 0 Å². The number of sulfonamides is 1. The summed E-state index contributed by atoms with van der Waals surface area (Å²) in [6, 6.07) is 4.90. The van der Waals surface area contributed by atoms with E-state index >= 15 is 0 Å². The Morgan fingerprint density at radius 1 is 1.38 bits per heavy atom. The van der Waals surface area contributed by atoms with E-state index in [4.69, 9.17) is 9.94 Å². The monoisotopic (exact) mass is 357 g/mol. The third-order valence-electron chi connectivity index (χ3n) is 4.02. The number of amides is 1. The van der Waals surface area contributed by atoms with Crippen molar-refractivity contribution in [1.82, 2.24) is 15.1 Å². The van der Waals surface area contributed by atoms with Crippen LogP contribution < -0.4 is 15.5 Å². The number of methoxy groups -OCH3 is 1. The zero-order valence-electron chi connectivity index (χ0n) is 13.7.